The van der Waals surface area contributed by atoms with Gasteiger partial charge in [0.05, 0.1) is 5.75 Å². The fraction of sp³-hybridized carbons (Fsp3) is 0.176. The zero-order valence-corrected chi connectivity index (χ0v) is 13.5. The van der Waals surface area contributed by atoms with Crippen LogP contribution in [0.15, 0.2) is 47.8 Å². The molecular weight excluding hydrogens is 324 g/mol. The van der Waals surface area contributed by atoms with E-state index in [2.05, 4.69) is 15.5 Å². The Labute approximate surface area is 142 Å². The highest BCUT2D eigenvalue weighted by molar-refractivity contribution is 7.99. The van der Waals surface area contributed by atoms with Gasteiger partial charge in [0.15, 0.2) is 16.6 Å². The second-order valence-electron chi connectivity index (χ2n) is 5.54. The number of anilines is 1. The van der Waals surface area contributed by atoms with E-state index in [9.17, 15) is 9.59 Å². The van der Waals surface area contributed by atoms with Crippen LogP contribution in [0.5, 0.6) is 0 Å². The summed E-state index contributed by atoms with van der Waals surface area (Å²) in [6.07, 6.45) is 3.01. The standard InChI is InChI=1S/C17H14N4O2S/c22-14(10-24-17-20-19-15-3-1-2-8-21(15)17)12-4-6-13-11(9-12)5-7-16(23)18-13/h1-4,6,8-9H,5,7,10H2,(H,18,23). The highest BCUT2D eigenvalue weighted by Gasteiger charge is 2.17. The zero-order chi connectivity index (χ0) is 16.5. The molecule has 1 aliphatic heterocycles. The smallest absolute Gasteiger partial charge is 0.224 e. The number of nitrogens with one attached hydrogen (secondary N) is 1. The quantitative estimate of drug-likeness (QED) is 0.584. The van der Waals surface area contributed by atoms with Gasteiger partial charge in [-0.05, 0) is 42.3 Å². The Hall–Kier alpha value is -2.67. The summed E-state index contributed by atoms with van der Waals surface area (Å²) in [4.78, 5) is 23.8. The molecule has 24 heavy (non-hydrogen) atoms. The maximum absolute atomic E-state index is 12.5. The van der Waals surface area contributed by atoms with Crippen LogP contribution < -0.4 is 5.32 Å². The van der Waals surface area contributed by atoms with Gasteiger partial charge in [0.2, 0.25) is 5.91 Å². The lowest BCUT2D eigenvalue weighted by atomic mass is 9.99. The highest BCUT2D eigenvalue weighted by atomic mass is 32.2. The fourth-order valence-corrected chi connectivity index (χ4v) is 3.51. The molecule has 0 unspecified atom stereocenters. The third-order valence-electron chi connectivity index (χ3n) is 3.94. The molecule has 120 valence electrons. The number of nitrogens with zero attached hydrogens (tertiary/aromatic N) is 3. The van der Waals surface area contributed by atoms with Crippen LogP contribution in [0, 0.1) is 0 Å². The first-order valence-electron chi connectivity index (χ1n) is 7.59. The third-order valence-corrected chi connectivity index (χ3v) is 4.88. The van der Waals surface area contributed by atoms with Crippen molar-refractivity contribution in [3.05, 3.63) is 53.7 Å². The van der Waals surface area contributed by atoms with Gasteiger partial charge in [-0.2, -0.15) is 0 Å². The summed E-state index contributed by atoms with van der Waals surface area (Å²) < 4.78 is 1.86. The Bertz CT molecular complexity index is 951. The predicted molar refractivity (Wildman–Crippen MR) is 91.4 cm³/mol. The van der Waals surface area contributed by atoms with Crippen LogP contribution in [0.1, 0.15) is 22.3 Å². The lowest BCUT2D eigenvalue weighted by molar-refractivity contribution is -0.116. The van der Waals surface area contributed by atoms with Crippen molar-refractivity contribution in [2.24, 2.45) is 0 Å². The van der Waals surface area contributed by atoms with Gasteiger partial charge >= 0.3 is 0 Å². The van der Waals surface area contributed by atoms with Crippen LogP contribution in [0.2, 0.25) is 0 Å². The van der Waals surface area contributed by atoms with E-state index in [1.165, 1.54) is 11.8 Å². The van der Waals surface area contributed by atoms with Gasteiger partial charge in [-0.1, -0.05) is 17.8 Å². The molecule has 1 aliphatic rings. The van der Waals surface area contributed by atoms with Crippen molar-refractivity contribution in [1.82, 2.24) is 14.6 Å². The predicted octanol–water partition coefficient (Wildman–Crippen LogP) is 2.59. The number of aromatic nitrogens is 3. The van der Waals surface area contributed by atoms with Crippen molar-refractivity contribution in [2.45, 2.75) is 18.0 Å². The van der Waals surface area contributed by atoms with Gasteiger partial charge in [-0.15, -0.1) is 10.2 Å². The van der Waals surface area contributed by atoms with Gasteiger partial charge in [-0.3, -0.25) is 14.0 Å². The van der Waals surface area contributed by atoms with Gasteiger partial charge in [0.25, 0.3) is 0 Å². The van der Waals surface area contributed by atoms with E-state index in [0.29, 0.717) is 29.3 Å². The molecule has 0 atom stereocenters. The number of fused-ring (bicyclic) bond motifs is 2. The molecular formula is C17H14N4O2S. The maximum atomic E-state index is 12.5. The van der Waals surface area contributed by atoms with Crippen molar-refractivity contribution < 1.29 is 9.59 Å². The first kappa shape index (κ1) is 14.9. The molecule has 3 aromatic rings. The summed E-state index contributed by atoms with van der Waals surface area (Å²) in [5.74, 6) is 0.351. The Balaban J connectivity index is 1.49. The van der Waals surface area contributed by atoms with Crippen molar-refractivity contribution in [2.75, 3.05) is 11.1 Å². The topological polar surface area (TPSA) is 76.4 Å². The number of pyridine rings is 1. The number of Topliss-reactive ketones (excluding diaryl/α,β-unsaturated/α-hetero) is 1. The molecule has 7 heteroatoms. The van der Waals surface area contributed by atoms with Crippen molar-refractivity contribution in [1.29, 1.82) is 0 Å². The number of aryl methyl sites for hydroxylation is 1. The van der Waals surface area contributed by atoms with Crippen LogP contribution in [0.3, 0.4) is 0 Å². The average molecular weight is 338 g/mol. The molecule has 6 nitrogen and oxygen atoms in total. The third kappa shape index (κ3) is 2.78. The number of benzene rings is 1. The Kier molecular flexibility index (Phi) is 3.78. The molecule has 0 radical (unpaired) electrons. The normalized spacial score (nSPS) is 13.6. The minimum absolute atomic E-state index is 0.0239. The number of hydrogen-bond acceptors (Lipinski definition) is 5. The summed E-state index contributed by atoms with van der Waals surface area (Å²) >= 11 is 1.37. The minimum atomic E-state index is 0.0239. The number of hydrogen-bond donors (Lipinski definition) is 1. The summed E-state index contributed by atoms with van der Waals surface area (Å²) in [6, 6.07) is 11.1. The highest BCUT2D eigenvalue weighted by Crippen LogP contribution is 2.25. The van der Waals surface area contributed by atoms with Crippen LogP contribution in [0.4, 0.5) is 5.69 Å². The number of ketones is 1. The van der Waals surface area contributed by atoms with Crippen LogP contribution in [0.25, 0.3) is 5.65 Å². The van der Waals surface area contributed by atoms with Crippen LogP contribution in [-0.2, 0) is 11.2 Å². The lowest BCUT2D eigenvalue weighted by Gasteiger charge is -2.17. The van der Waals surface area contributed by atoms with Crippen LogP contribution in [-0.4, -0.2) is 32.0 Å². The second-order valence-corrected chi connectivity index (χ2v) is 6.49. The zero-order valence-electron chi connectivity index (χ0n) is 12.7. The molecule has 0 aliphatic carbocycles. The lowest BCUT2D eigenvalue weighted by Crippen LogP contribution is -2.19. The van der Waals surface area contributed by atoms with E-state index in [4.69, 9.17) is 0 Å². The SMILES string of the molecule is O=C1CCc2cc(C(=O)CSc3nnc4ccccn34)ccc2N1. The molecule has 2 aromatic heterocycles. The molecule has 3 heterocycles. The molecule has 0 bridgehead atoms. The van der Waals surface area contributed by atoms with E-state index in [1.54, 1.807) is 12.1 Å². The van der Waals surface area contributed by atoms with Crippen molar-refractivity contribution >= 4 is 34.8 Å². The number of rotatable bonds is 4. The molecule has 0 spiro atoms. The van der Waals surface area contributed by atoms with E-state index < -0.39 is 0 Å². The summed E-state index contributed by atoms with van der Waals surface area (Å²) in [5.41, 5.74) is 3.24. The van der Waals surface area contributed by atoms with Gasteiger partial charge in [-0.25, -0.2) is 0 Å². The number of amides is 1. The van der Waals surface area contributed by atoms with Crippen molar-refractivity contribution in [3.63, 3.8) is 0 Å². The Morgan fingerprint density at radius 2 is 2.12 bits per heavy atom. The van der Waals surface area contributed by atoms with Crippen molar-refractivity contribution in [3.8, 4) is 0 Å². The molecule has 0 saturated heterocycles. The van der Waals surface area contributed by atoms with Crippen LogP contribution >= 0.6 is 11.8 Å². The second kappa shape index (κ2) is 6.09. The van der Waals surface area contributed by atoms with E-state index in [-0.39, 0.29) is 11.7 Å². The maximum Gasteiger partial charge on any atom is 0.224 e. The van der Waals surface area contributed by atoms with E-state index >= 15 is 0 Å². The molecule has 1 aromatic carbocycles. The number of carbonyl (C=O) groups is 2. The Morgan fingerprint density at radius 1 is 1.21 bits per heavy atom. The number of carbonyl (C=O) groups excluding carboxylic acids is 2. The van der Waals surface area contributed by atoms with E-state index in [1.807, 2.05) is 34.9 Å². The summed E-state index contributed by atoms with van der Waals surface area (Å²) in [5, 5.41) is 11.7. The fourth-order valence-electron chi connectivity index (χ4n) is 2.69. The van der Waals surface area contributed by atoms with E-state index in [0.717, 1.165) is 16.9 Å². The van der Waals surface area contributed by atoms with Gasteiger partial charge in [0.1, 0.15) is 0 Å². The number of thioether (sulfide) groups is 1. The summed E-state index contributed by atoms with van der Waals surface area (Å²) in [6.45, 7) is 0. The van der Waals surface area contributed by atoms with Gasteiger partial charge in [0, 0.05) is 23.9 Å². The largest absolute Gasteiger partial charge is 0.326 e. The summed E-state index contributed by atoms with van der Waals surface area (Å²) in [7, 11) is 0. The molecule has 4 rings (SSSR count). The Morgan fingerprint density at radius 3 is 3.04 bits per heavy atom. The first-order chi connectivity index (χ1) is 11.7. The molecule has 1 N–H and O–H groups in total. The van der Waals surface area contributed by atoms with Gasteiger partial charge < -0.3 is 5.32 Å². The minimum Gasteiger partial charge on any atom is -0.326 e. The average Bonchev–Trinajstić information content (AvgIpc) is 3.02. The molecule has 0 saturated carbocycles. The monoisotopic (exact) mass is 338 g/mol. The first-order valence-corrected chi connectivity index (χ1v) is 8.58. The molecule has 1 amide bonds. The molecule has 0 fully saturated rings.